The largest absolute Gasteiger partial charge is 0.230 e. The van der Waals surface area contributed by atoms with Crippen LogP contribution in [0.5, 0.6) is 0 Å². The van der Waals surface area contributed by atoms with E-state index in [4.69, 9.17) is 0 Å². The second-order valence-corrected chi connectivity index (χ2v) is 3.53. The average Bonchev–Trinajstić information content (AvgIpc) is 2.69. The Balaban J connectivity index is 2.49. The van der Waals surface area contributed by atoms with Crippen LogP contribution in [0.3, 0.4) is 0 Å². The van der Waals surface area contributed by atoms with E-state index in [-0.39, 0.29) is 0 Å². The van der Waals surface area contributed by atoms with Crippen LogP contribution in [0, 0.1) is 11.8 Å². The van der Waals surface area contributed by atoms with Gasteiger partial charge in [0, 0.05) is 7.05 Å². The lowest BCUT2D eigenvalue weighted by atomic mass is 10.0. The van der Waals surface area contributed by atoms with Crippen molar-refractivity contribution >= 4 is 0 Å². The molecular weight excluding hydrogens is 206 g/mol. The van der Waals surface area contributed by atoms with Crippen LogP contribution < -0.4 is 0 Å². The van der Waals surface area contributed by atoms with Gasteiger partial charge in [-0.05, 0) is 28.5 Å². The first-order valence-electron chi connectivity index (χ1n) is 4.84. The predicted molar refractivity (Wildman–Crippen MR) is 57.6 cm³/mol. The zero-order valence-corrected chi connectivity index (χ0v) is 9.03. The van der Waals surface area contributed by atoms with Gasteiger partial charge in [0.25, 0.3) is 0 Å². The summed E-state index contributed by atoms with van der Waals surface area (Å²) in [6.45, 7) is 1.93. The van der Waals surface area contributed by atoms with Gasteiger partial charge >= 0.3 is 0 Å². The van der Waals surface area contributed by atoms with Gasteiger partial charge in [-0.25, -0.2) is 4.68 Å². The summed E-state index contributed by atoms with van der Waals surface area (Å²) in [6, 6.07) is 6.91. The van der Waals surface area contributed by atoms with Crippen molar-refractivity contribution in [1.82, 2.24) is 20.2 Å². The first-order valence-corrected chi connectivity index (χ1v) is 4.84. The van der Waals surface area contributed by atoms with Crippen molar-refractivity contribution in [3.05, 3.63) is 46.1 Å². The van der Waals surface area contributed by atoms with Crippen LogP contribution in [-0.2, 0) is 7.05 Å². The maximum atomic E-state index is 10.9. The molecule has 0 aliphatic carbocycles. The molecule has 1 unspecified atom stereocenters. The highest BCUT2D eigenvalue weighted by molar-refractivity contribution is 5.32. The van der Waals surface area contributed by atoms with Crippen molar-refractivity contribution in [2.75, 3.05) is 0 Å². The molecular formula is C10H11N5O. The number of tetrazole rings is 1. The Morgan fingerprint density at radius 3 is 2.69 bits per heavy atom. The Morgan fingerprint density at radius 2 is 2.12 bits per heavy atom. The standard InChI is InChI=1S/C10H11N5O/c1-7-5-3-4-6-8(7)9(12-16)10-11-13-14-15(10)2/h3-6,9H,1-2H3. The van der Waals surface area contributed by atoms with Crippen LogP contribution in [-0.4, -0.2) is 20.2 Å². The minimum absolute atomic E-state index is 0.448. The second-order valence-electron chi connectivity index (χ2n) is 3.53. The molecule has 0 spiro atoms. The summed E-state index contributed by atoms with van der Waals surface area (Å²) in [6.07, 6.45) is 0. The molecule has 6 nitrogen and oxygen atoms in total. The van der Waals surface area contributed by atoms with E-state index in [0.29, 0.717) is 5.82 Å². The Labute approximate surface area is 92.3 Å². The van der Waals surface area contributed by atoms with Crippen LogP contribution in [0.25, 0.3) is 0 Å². The first-order chi connectivity index (χ1) is 7.74. The molecule has 1 heterocycles. The maximum Gasteiger partial charge on any atom is 0.183 e. The van der Waals surface area contributed by atoms with Gasteiger partial charge in [-0.1, -0.05) is 29.4 Å². The van der Waals surface area contributed by atoms with Crippen molar-refractivity contribution in [3.8, 4) is 0 Å². The van der Waals surface area contributed by atoms with Crippen LogP contribution in [0.2, 0.25) is 0 Å². The smallest absolute Gasteiger partial charge is 0.183 e. The topological polar surface area (TPSA) is 73.0 Å². The molecule has 0 aliphatic rings. The molecule has 2 aromatic rings. The van der Waals surface area contributed by atoms with Gasteiger partial charge < -0.3 is 0 Å². The van der Waals surface area contributed by atoms with E-state index in [1.165, 1.54) is 4.68 Å². The lowest BCUT2D eigenvalue weighted by Gasteiger charge is -2.10. The minimum atomic E-state index is -0.652. The summed E-state index contributed by atoms with van der Waals surface area (Å²) >= 11 is 0. The van der Waals surface area contributed by atoms with Crippen molar-refractivity contribution in [3.63, 3.8) is 0 Å². The number of hydrogen-bond acceptors (Lipinski definition) is 5. The molecule has 0 bridgehead atoms. The summed E-state index contributed by atoms with van der Waals surface area (Å²) in [5, 5.41) is 14.1. The molecule has 0 fully saturated rings. The van der Waals surface area contributed by atoms with E-state index in [2.05, 4.69) is 20.7 Å². The number of aryl methyl sites for hydroxylation is 2. The lowest BCUT2D eigenvalue weighted by molar-refractivity contribution is 0.646. The summed E-state index contributed by atoms with van der Waals surface area (Å²) in [7, 11) is 1.69. The zero-order valence-electron chi connectivity index (χ0n) is 9.03. The monoisotopic (exact) mass is 217 g/mol. The van der Waals surface area contributed by atoms with E-state index in [9.17, 15) is 4.91 Å². The third-order valence-corrected chi connectivity index (χ3v) is 2.49. The van der Waals surface area contributed by atoms with Gasteiger partial charge in [0.15, 0.2) is 11.9 Å². The van der Waals surface area contributed by atoms with E-state index >= 15 is 0 Å². The SMILES string of the molecule is Cc1ccccc1C(N=O)c1nnnn1C. The van der Waals surface area contributed by atoms with Gasteiger partial charge in [0.1, 0.15) is 0 Å². The fraction of sp³-hybridized carbons (Fsp3) is 0.300. The van der Waals surface area contributed by atoms with E-state index in [1.54, 1.807) is 7.05 Å². The number of benzene rings is 1. The van der Waals surface area contributed by atoms with Crippen molar-refractivity contribution in [1.29, 1.82) is 0 Å². The molecule has 1 aromatic heterocycles. The summed E-state index contributed by atoms with van der Waals surface area (Å²) in [4.78, 5) is 10.9. The first kappa shape index (κ1) is 10.4. The molecule has 0 saturated carbocycles. The lowest BCUT2D eigenvalue weighted by Crippen LogP contribution is -2.07. The highest BCUT2D eigenvalue weighted by Crippen LogP contribution is 2.25. The van der Waals surface area contributed by atoms with Crippen molar-refractivity contribution in [2.45, 2.75) is 13.0 Å². The molecule has 0 amide bonds. The fourth-order valence-corrected chi connectivity index (χ4v) is 1.60. The Bertz CT molecular complexity index is 507. The van der Waals surface area contributed by atoms with Crippen LogP contribution in [0.15, 0.2) is 29.4 Å². The summed E-state index contributed by atoms with van der Waals surface area (Å²) in [5.41, 5.74) is 1.82. The Hall–Kier alpha value is -2.11. The number of nitrogens with zero attached hydrogens (tertiary/aromatic N) is 5. The van der Waals surface area contributed by atoms with Gasteiger partial charge in [0.05, 0.1) is 0 Å². The Kier molecular flexibility index (Phi) is 2.72. The van der Waals surface area contributed by atoms with Crippen molar-refractivity contribution < 1.29 is 0 Å². The number of hydrogen-bond donors (Lipinski definition) is 0. The molecule has 82 valence electrons. The van der Waals surface area contributed by atoms with E-state index in [1.807, 2.05) is 31.2 Å². The highest BCUT2D eigenvalue weighted by atomic mass is 16.3. The average molecular weight is 217 g/mol. The molecule has 16 heavy (non-hydrogen) atoms. The van der Waals surface area contributed by atoms with E-state index < -0.39 is 6.04 Å². The fourth-order valence-electron chi connectivity index (χ4n) is 1.60. The quantitative estimate of drug-likeness (QED) is 0.728. The number of aromatic nitrogens is 4. The highest BCUT2D eigenvalue weighted by Gasteiger charge is 2.21. The second kappa shape index (κ2) is 4.18. The minimum Gasteiger partial charge on any atom is -0.230 e. The predicted octanol–water partition coefficient (Wildman–Crippen LogP) is 1.37. The van der Waals surface area contributed by atoms with Crippen LogP contribution >= 0.6 is 0 Å². The molecule has 0 N–H and O–H groups in total. The van der Waals surface area contributed by atoms with Gasteiger partial charge in [-0.3, -0.25) is 0 Å². The van der Waals surface area contributed by atoms with Crippen molar-refractivity contribution in [2.24, 2.45) is 12.2 Å². The summed E-state index contributed by atoms with van der Waals surface area (Å²) < 4.78 is 1.46. The zero-order chi connectivity index (χ0) is 11.5. The number of nitroso groups, excluding NO2 is 1. The van der Waals surface area contributed by atoms with Crippen LogP contribution in [0.1, 0.15) is 23.0 Å². The molecule has 1 atom stereocenters. The molecule has 0 aliphatic heterocycles. The third kappa shape index (κ3) is 1.69. The van der Waals surface area contributed by atoms with Gasteiger partial charge in [0.2, 0.25) is 0 Å². The molecule has 1 aromatic carbocycles. The summed E-state index contributed by atoms with van der Waals surface area (Å²) in [5.74, 6) is 0.448. The number of rotatable bonds is 3. The third-order valence-electron chi connectivity index (χ3n) is 2.49. The van der Waals surface area contributed by atoms with Crippen LogP contribution in [0.4, 0.5) is 0 Å². The van der Waals surface area contributed by atoms with E-state index in [0.717, 1.165) is 11.1 Å². The van der Waals surface area contributed by atoms with Gasteiger partial charge in [-0.15, -0.1) is 10.0 Å². The molecule has 2 rings (SSSR count). The normalized spacial score (nSPS) is 12.4. The molecule has 0 saturated heterocycles. The molecule has 6 heteroatoms. The maximum absolute atomic E-state index is 10.9. The van der Waals surface area contributed by atoms with Gasteiger partial charge in [-0.2, -0.15) is 0 Å². The molecule has 0 radical (unpaired) electrons. The Morgan fingerprint density at radius 1 is 1.38 bits per heavy atom.